The largest absolute Gasteiger partial charge is 0.478 e. The van der Waals surface area contributed by atoms with Gasteiger partial charge in [0.15, 0.2) is 0 Å². The molecule has 162 valence electrons. The lowest BCUT2D eigenvalue weighted by Gasteiger charge is -2.38. The molecule has 0 saturated carbocycles. The van der Waals surface area contributed by atoms with E-state index in [4.69, 9.17) is 0 Å². The summed E-state index contributed by atoms with van der Waals surface area (Å²) in [5.74, 6) is -1.02. The number of piperidine rings is 1. The SMILES string of the molecule is O=C(O)c1ccccc1CCC(=O)N1CCC(O)(Cn2cc(-c3cncs3)nn2)CC1. The Bertz CT molecular complexity index is 1060. The Kier molecular flexibility index (Phi) is 6.10. The fourth-order valence-corrected chi connectivity index (χ4v) is 4.38. The number of rotatable bonds is 7. The molecule has 0 spiro atoms. The Morgan fingerprint density at radius 2 is 1.97 bits per heavy atom. The highest BCUT2D eigenvalue weighted by atomic mass is 32.1. The van der Waals surface area contributed by atoms with E-state index in [-0.39, 0.29) is 17.9 Å². The van der Waals surface area contributed by atoms with Gasteiger partial charge in [0.2, 0.25) is 5.91 Å². The second-order valence-electron chi connectivity index (χ2n) is 7.73. The number of carbonyl (C=O) groups excluding carboxylic acids is 1. The Labute approximate surface area is 183 Å². The summed E-state index contributed by atoms with van der Waals surface area (Å²) >= 11 is 1.48. The molecule has 0 bridgehead atoms. The maximum Gasteiger partial charge on any atom is 0.335 e. The van der Waals surface area contributed by atoms with E-state index in [1.807, 2.05) is 0 Å². The van der Waals surface area contributed by atoms with Gasteiger partial charge in [0.25, 0.3) is 0 Å². The number of amides is 1. The van der Waals surface area contributed by atoms with Crippen LogP contribution in [-0.2, 0) is 17.8 Å². The zero-order valence-electron chi connectivity index (χ0n) is 16.8. The van der Waals surface area contributed by atoms with Crippen LogP contribution in [0.15, 0.2) is 42.2 Å². The van der Waals surface area contributed by atoms with Crippen molar-refractivity contribution in [3.63, 3.8) is 0 Å². The van der Waals surface area contributed by atoms with Gasteiger partial charge in [-0.2, -0.15) is 0 Å². The highest BCUT2D eigenvalue weighted by molar-refractivity contribution is 7.13. The minimum atomic E-state index is -0.988. The van der Waals surface area contributed by atoms with Crippen molar-refractivity contribution in [1.82, 2.24) is 24.9 Å². The van der Waals surface area contributed by atoms with Gasteiger partial charge in [-0.15, -0.1) is 16.4 Å². The van der Waals surface area contributed by atoms with Crippen LogP contribution >= 0.6 is 11.3 Å². The second-order valence-corrected chi connectivity index (χ2v) is 8.62. The minimum absolute atomic E-state index is 0.0320. The van der Waals surface area contributed by atoms with Crippen LogP contribution in [0, 0.1) is 0 Å². The third-order valence-electron chi connectivity index (χ3n) is 5.58. The highest BCUT2D eigenvalue weighted by Crippen LogP contribution is 2.26. The van der Waals surface area contributed by atoms with E-state index in [0.29, 0.717) is 44.5 Å². The number of nitrogens with zero attached hydrogens (tertiary/aromatic N) is 5. The molecule has 1 aromatic carbocycles. The normalized spacial score (nSPS) is 15.7. The summed E-state index contributed by atoms with van der Waals surface area (Å²) in [5, 5.41) is 28.5. The molecule has 31 heavy (non-hydrogen) atoms. The average molecular weight is 442 g/mol. The van der Waals surface area contributed by atoms with E-state index in [2.05, 4.69) is 15.3 Å². The Morgan fingerprint density at radius 3 is 2.68 bits per heavy atom. The topological polar surface area (TPSA) is 121 Å². The number of likely N-dealkylation sites (tertiary alicyclic amines) is 1. The van der Waals surface area contributed by atoms with E-state index in [0.717, 1.165) is 10.6 Å². The summed E-state index contributed by atoms with van der Waals surface area (Å²) in [6.45, 7) is 1.21. The first-order valence-corrected chi connectivity index (χ1v) is 10.9. The molecule has 4 rings (SSSR count). The van der Waals surface area contributed by atoms with Crippen LogP contribution < -0.4 is 0 Å². The fraction of sp³-hybridized carbons (Fsp3) is 0.381. The molecule has 1 aliphatic heterocycles. The summed E-state index contributed by atoms with van der Waals surface area (Å²) in [4.78, 5) is 30.6. The summed E-state index contributed by atoms with van der Waals surface area (Å²) in [6, 6.07) is 6.74. The molecule has 0 unspecified atom stereocenters. The summed E-state index contributed by atoms with van der Waals surface area (Å²) < 4.78 is 1.63. The molecular weight excluding hydrogens is 418 g/mol. The Balaban J connectivity index is 1.30. The van der Waals surface area contributed by atoms with Crippen molar-refractivity contribution in [3.05, 3.63) is 53.3 Å². The van der Waals surface area contributed by atoms with Crippen LogP contribution in [0.25, 0.3) is 10.6 Å². The predicted octanol–water partition coefficient (Wildman–Crippen LogP) is 2.09. The zero-order chi connectivity index (χ0) is 21.8. The van der Waals surface area contributed by atoms with Crippen molar-refractivity contribution in [2.24, 2.45) is 0 Å². The number of thiazole rings is 1. The standard InChI is InChI=1S/C21H23N5O4S/c27-19(6-5-15-3-1-2-4-16(15)20(28)29)25-9-7-21(30,8-10-25)13-26-12-17(23-24-26)18-11-22-14-31-18/h1-4,11-12,14,30H,5-10,13H2,(H,28,29). The number of benzene rings is 1. The first-order chi connectivity index (χ1) is 14.9. The zero-order valence-corrected chi connectivity index (χ0v) is 17.7. The number of carboxylic acid groups (broad SMARTS) is 1. The third kappa shape index (κ3) is 4.97. The molecule has 0 atom stereocenters. The number of carbonyl (C=O) groups is 2. The third-order valence-corrected chi connectivity index (χ3v) is 6.38. The van der Waals surface area contributed by atoms with Gasteiger partial charge in [-0.25, -0.2) is 9.48 Å². The minimum Gasteiger partial charge on any atom is -0.478 e. The molecule has 2 N–H and O–H groups in total. The van der Waals surface area contributed by atoms with Crippen molar-refractivity contribution in [2.45, 2.75) is 37.8 Å². The molecule has 0 aliphatic carbocycles. The van der Waals surface area contributed by atoms with Crippen molar-refractivity contribution >= 4 is 23.2 Å². The maximum absolute atomic E-state index is 12.6. The van der Waals surface area contributed by atoms with Gasteiger partial charge in [0.05, 0.1) is 34.3 Å². The van der Waals surface area contributed by atoms with Crippen LogP contribution in [0.1, 0.15) is 35.2 Å². The Hall–Kier alpha value is -3.11. The maximum atomic E-state index is 12.6. The van der Waals surface area contributed by atoms with E-state index in [1.54, 1.807) is 51.8 Å². The number of aromatic carboxylic acids is 1. The van der Waals surface area contributed by atoms with Gasteiger partial charge in [-0.05, 0) is 30.9 Å². The van der Waals surface area contributed by atoms with Gasteiger partial charge >= 0.3 is 5.97 Å². The van der Waals surface area contributed by atoms with Gasteiger partial charge in [0, 0.05) is 25.7 Å². The molecule has 9 nitrogen and oxygen atoms in total. The van der Waals surface area contributed by atoms with Gasteiger partial charge in [0.1, 0.15) is 5.69 Å². The van der Waals surface area contributed by atoms with E-state index < -0.39 is 11.6 Å². The molecule has 0 radical (unpaired) electrons. The summed E-state index contributed by atoms with van der Waals surface area (Å²) in [7, 11) is 0. The van der Waals surface area contributed by atoms with Crippen molar-refractivity contribution < 1.29 is 19.8 Å². The molecule has 10 heteroatoms. The molecule has 3 aromatic rings. The average Bonchev–Trinajstić information content (AvgIpc) is 3.44. The number of aromatic nitrogens is 4. The van der Waals surface area contributed by atoms with Crippen molar-refractivity contribution in [1.29, 1.82) is 0 Å². The van der Waals surface area contributed by atoms with Crippen molar-refractivity contribution in [3.8, 4) is 10.6 Å². The van der Waals surface area contributed by atoms with Crippen LogP contribution in [0.5, 0.6) is 0 Å². The van der Waals surface area contributed by atoms with Crippen molar-refractivity contribution in [2.75, 3.05) is 13.1 Å². The molecule has 1 fully saturated rings. The second kappa shape index (κ2) is 8.94. The molecule has 2 aromatic heterocycles. The summed E-state index contributed by atoms with van der Waals surface area (Å²) in [6.07, 6.45) is 5.03. The summed E-state index contributed by atoms with van der Waals surface area (Å²) in [5.41, 5.74) is 2.38. The van der Waals surface area contributed by atoms with Crippen LogP contribution in [0.4, 0.5) is 0 Å². The first-order valence-electron chi connectivity index (χ1n) is 10.0. The molecule has 3 heterocycles. The van der Waals surface area contributed by atoms with E-state index in [9.17, 15) is 19.8 Å². The lowest BCUT2D eigenvalue weighted by atomic mass is 9.91. The number of hydrogen-bond donors (Lipinski definition) is 2. The predicted molar refractivity (Wildman–Crippen MR) is 114 cm³/mol. The quantitative estimate of drug-likeness (QED) is 0.576. The van der Waals surface area contributed by atoms with E-state index in [1.165, 1.54) is 11.3 Å². The van der Waals surface area contributed by atoms with Crippen LogP contribution in [-0.4, -0.2) is 65.7 Å². The fourth-order valence-electron chi connectivity index (χ4n) is 3.81. The van der Waals surface area contributed by atoms with Gasteiger partial charge in [-0.3, -0.25) is 9.78 Å². The van der Waals surface area contributed by atoms with Gasteiger partial charge in [-0.1, -0.05) is 23.4 Å². The lowest BCUT2D eigenvalue weighted by molar-refractivity contribution is -0.135. The number of aliphatic hydroxyl groups is 1. The Morgan fingerprint density at radius 1 is 1.19 bits per heavy atom. The van der Waals surface area contributed by atoms with Crippen LogP contribution in [0.3, 0.4) is 0 Å². The molecular formula is C21H23N5O4S. The van der Waals surface area contributed by atoms with E-state index >= 15 is 0 Å². The number of hydrogen-bond acceptors (Lipinski definition) is 7. The van der Waals surface area contributed by atoms with Gasteiger partial charge < -0.3 is 15.1 Å². The number of carboxylic acids is 1. The monoisotopic (exact) mass is 441 g/mol. The highest BCUT2D eigenvalue weighted by Gasteiger charge is 2.34. The molecule has 1 saturated heterocycles. The number of aryl methyl sites for hydroxylation is 1. The van der Waals surface area contributed by atoms with Crippen LogP contribution in [0.2, 0.25) is 0 Å². The molecule has 1 aliphatic rings. The smallest absolute Gasteiger partial charge is 0.335 e. The first kappa shape index (κ1) is 21.1. The molecule has 1 amide bonds. The lowest BCUT2D eigenvalue weighted by Crippen LogP contribution is -2.48.